The van der Waals surface area contributed by atoms with Gasteiger partial charge in [0.05, 0.1) is 6.61 Å². The summed E-state index contributed by atoms with van der Waals surface area (Å²) < 4.78 is 11.2. The summed E-state index contributed by atoms with van der Waals surface area (Å²) in [5.74, 6) is 0.361. The summed E-state index contributed by atoms with van der Waals surface area (Å²) in [5.41, 5.74) is 4.18. The zero-order chi connectivity index (χ0) is 22.8. The maximum Gasteiger partial charge on any atom is 0.320 e. The summed E-state index contributed by atoms with van der Waals surface area (Å²) in [6.07, 6.45) is 4.16. The summed E-state index contributed by atoms with van der Waals surface area (Å²) in [5, 5.41) is 20.0. The normalized spacial score (nSPS) is 13.0. The van der Waals surface area contributed by atoms with Gasteiger partial charge in [-0.1, -0.05) is 47.9 Å². The van der Waals surface area contributed by atoms with Gasteiger partial charge in [-0.3, -0.25) is 4.79 Å². The molecule has 7 heteroatoms. The standard InChI is InChI=1S/C23H25N3O4.C2H4/c27-21(28)5-2-14-29-15-16-6-8-17(9-7-16)18-10-12-20(13-11-18)24-23-26-25-22(30-23)19-3-1-4-19;1-2/h6-13,19H,1-5,14-15H2,(H,24,26)(H,27,28);1-2H2. The molecule has 1 fully saturated rings. The molecule has 1 aliphatic carbocycles. The van der Waals surface area contributed by atoms with Crippen LogP contribution in [0.25, 0.3) is 11.1 Å². The van der Waals surface area contributed by atoms with E-state index >= 15 is 0 Å². The number of aliphatic carboxylic acids is 1. The minimum atomic E-state index is -0.792. The Morgan fingerprint density at radius 2 is 1.72 bits per heavy atom. The summed E-state index contributed by atoms with van der Waals surface area (Å²) in [6, 6.07) is 16.7. The van der Waals surface area contributed by atoms with Crippen molar-refractivity contribution >= 4 is 17.7 Å². The lowest BCUT2D eigenvalue weighted by atomic mass is 9.85. The summed E-state index contributed by atoms with van der Waals surface area (Å²) >= 11 is 0. The van der Waals surface area contributed by atoms with Crippen molar-refractivity contribution in [2.24, 2.45) is 0 Å². The SMILES string of the molecule is C=C.O=C(O)CCCOCc1ccc(-c2ccc(Nc3nnc(C4CCC4)o3)cc2)cc1. The lowest BCUT2D eigenvalue weighted by molar-refractivity contribution is -0.137. The van der Waals surface area contributed by atoms with Crippen LogP contribution in [0.2, 0.25) is 0 Å². The molecule has 0 atom stereocenters. The Hall–Kier alpha value is -3.45. The van der Waals surface area contributed by atoms with Gasteiger partial charge in [0.15, 0.2) is 0 Å². The van der Waals surface area contributed by atoms with E-state index in [-0.39, 0.29) is 6.42 Å². The number of anilines is 2. The molecule has 1 saturated carbocycles. The first kappa shape index (κ1) is 23.2. The molecule has 0 spiro atoms. The van der Waals surface area contributed by atoms with Gasteiger partial charge in [-0.05, 0) is 48.1 Å². The van der Waals surface area contributed by atoms with Crippen molar-refractivity contribution in [1.82, 2.24) is 10.2 Å². The Morgan fingerprint density at radius 1 is 1.06 bits per heavy atom. The maximum atomic E-state index is 10.5. The zero-order valence-corrected chi connectivity index (χ0v) is 18.1. The average molecular weight is 436 g/mol. The van der Waals surface area contributed by atoms with E-state index in [4.69, 9.17) is 14.3 Å². The Kier molecular flexibility index (Phi) is 8.57. The number of hydrogen-bond donors (Lipinski definition) is 2. The van der Waals surface area contributed by atoms with Crippen LogP contribution in [-0.4, -0.2) is 27.9 Å². The molecular formula is C25H29N3O4. The molecular weight excluding hydrogens is 406 g/mol. The van der Waals surface area contributed by atoms with Gasteiger partial charge in [-0.25, -0.2) is 0 Å². The van der Waals surface area contributed by atoms with Gasteiger partial charge in [0.25, 0.3) is 0 Å². The van der Waals surface area contributed by atoms with Crippen LogP contribution in [0.1, 0.15) is 49.5 Å². The second-order valence-corrected chi connectivity index (χ2v) is 7.52. The number of nitrogens with zero attached hydrogens (tertiary/aromatic N) is 2. The highest BCUT2D eigenvalue weighted by atomic mass is 16.5. The van der Waals surface area contributed by atoms with Crippen molar-refractivity contribution in [3.05, 3.63) is 73.1 Å². The molecule has 7 nitrogen and oxygen atoms in total. The third-order valence-electron chi connectivity index (χ3n) is 5.27. The van der Waals surface area contributed by atoms with Crippen LogP contribution in [0, 0.1) is 0 Å². The predicted octanol–water partition coefficient (Wildman–Crippen LogP) is 5.93. The molecule has 1 aliphatic rings. The minimum Gasteiger partial charge on any atom is -0.481 e. The molecule has 2 aromatic carbocycles. The number of ether oxygens (including phenoxy) is 1. The van der Waals surface area contributed by atoms with Gasteiger partial charge in [-0.2, -0.15) is 0 Å². The molecule has 0 unspecified atom stereocenters. The molecule has 32 heavy (non-hydrogen) atoms. The second-order valence-electron chi connectivity index (χ2n) is 7.52. The molecule has 0 aliphatic heterocycles. The van der Waals surface area contributed by atoms with E-state index in [0.29, 0.717) is 31.6 Å². The van der Waals surface area contributed by atoms with Crippen molar-refractivity contribution < 1.29 is 19.1 Å². The fourth-order valence-corrected chi connectivity index (χ4v) is 3.28. The Labute approximate surface area is 188 Å². The first-order chi connectivity index (χ1) is 15.7. The van der Waals surface area contributed by atoms with Crippen LogP contribution in [-0.2, 0) is 16.1 Å². The molecule has 168 valence electrons. The van der Waals surface area contributed by atoms with Crippen molar-refractivity contribution in [3.8, 4) is 11.1 Å². The van der Waals surface area contributed by atoms with Crippen LogP contribution in [0.5, 0.6) is 0 Å². The molecule has 4 rings (SSSR count). The number of nitrogens with one attached hydrogen (secondary N) is 1. The molecule has 0 amide bonds. The number of hydrogen-bond acceptors (Lipinski definition) is 6. The summed E-state index contributed by atoms with van der Waals surface area (Å²) in [4.78, 5) is 10.5. The molecule has 0 radical (unpaired) electrons. The molecule has 3 aromatic rings. The van der Waals surface area contributed by atoms with E-state index in [2.05, 4.69) is 40.8 Å². The molecule has 0 saturated heterocycles. The molecule has 2 N–H and O–H groups in total. The molecule has 0 bridgehead atoms. The lowest BCUT2D eigenvalue weighted by Gasteiger charge is -2.20. The third kappa shape index (κ3) is 6.52. The Bertz CT molecular complexity index is 979. The van der Waals surface area contributed by atoms with Gasteiger partial charge < -0.3 is 19.6 Å². The fraction of sp³-hybridized carbons (Fsp3) is 0.320. The van der Waals surface area contributed by atoms with Gasteiger partial charge in [0.1, 0.15) is 0 Å². The third-order valence-corrected chi connectivity index (χ3v) is 5.27. The quantitative estimate of drug-likeness (QED) is 0.301. The van der Waals surface area contributed by atoms with Crippen molar-refractivity contribution in [1.29, 1.82) is 0 Å². The van der Waals surface area contributed by atoms with E-state index < -0.39 is 5.97 Å². The van der Waals surface area contributed by atoms with E-state index in [1.54, 1.807) is 0 Å². The van der Waals surface area contributed by atoms with Gasteiger partial charge in [0.2, 0.25) is 5.89 Å². The van der Waals surface area contributed by atoms with Gasteiger partial charge >= 0.3 is 12.0 Å². The van der Waals surface area contributed by atoms with Crippen LogP contribution >= 0.6 is 0 Å². The summed E-state index contributed by atoms with van der Waals surface area (Å²) in [6.45, 7) is 6.93. The van der Waals surface area contributed by atoms with Gasteiger partial charge in [-0.15, -0.1) is 18.3 Å². The average Bonchev–Trinajstić information content (AvgIpc) is 3.22. The highest BCUT2D eigenvalue weighted by Crippen LogP contribution is 2.36. The number of benzene rings is 2. The van der Waals surface area contributed by atoms with Gasteiger partial charge in [0, 0.05) is 24.6 Å². The Morgan fingerprint density at radius 3 is 2.31 bits per heavy atom. The number of carbonyl (C=O) groups is 1. The molecule has 1 heterocycles. The van der Waals surface area contributed by atoms with Crippen LogP contribution in [0.3, 0.4) is 0 Å². The van der Waals surface area contributed by atoms with E-state index in [9.17, 15) is 4.79 Å². The number of carboxylic acid groups (broad SMARTS) is 1. The smallest absolute Gasteiger partial charge is 0.320 e. The highest BCUT2D eigenvalue weighted by molar-refractivity contribution is 5.67. The van der Waals surface area contributed by atoms with Crippen molar-refractivity contribution in [3.63, 3.8) is 0 Å². The first-order valence-corrected chi connectivity index (χ1v) is 10.8. The lowest BCUT2D eigenvalue weighted by Crippen LogP contribution is -2.08. The number of carboxylic acids is 1. The molecule has 1 aromatic heterocycles. The predicted molar refractivity (Wildman–Crippen MR) is 124 cm³/mol. The minimum absolute atomic E-state index is 0.137. The highest BCUT2D eigenvalue weighted by Gasteiger charge is 2.25. The van der Waals surface area contributed by atoms with Crippen molar-refractivity contribution in [2.45, 2.75) is 44.6 Å². The maximum absolute atomic E-state index is 10.5. The number of rotatable bonds is 10. The topological polar surface area (TPSA) is 97.5 Å². The fourth-order valence-electron chi connectivity index (χ4n) is 3.28. The van der Waals surface area contributed by atoms with E-state index in [0.717, 1.165) is 41.1 Å². The first-order valence-electron chi connectivity index (χ1n) is 10.8. The van der Waals surface area contributed by atoms with Crippen LogP contribution < -0.4 is 5.32 Å². The second kappa shape index (κ2) is 11.8. The monoisotopic (exact) mass is 435 g/mol. The zero-order valence-electron chi connectivity index (χ0n) is 18.1. The number of aromatic nitrogens is 2. The van der Waals surface area contributed by atoms with E-state index in [1.165, 1.54) is 6.42 Å². The van der Waals surface area contributed by atoms with Crippen LogP contribution in [0.4, 0.5) is 11.7 Å². The van der Waals surface area contributed by atoms with E-state index in [1.807, 2.05) is 36.4 Å². The largest absolute Gasteiger partial charge is 0.481 e. The Balaban J connectivity index is 0.00000141. The van der Waals surface area contributed by atoms with Crippen molar-refractivity contribution in [2.75, 3.05) is 11.9 Å². The summed E-state index contributed by atoms with van der Waals surface area (Å²) in [7, 11) is 0. The van der Waals surface area contributed by atoms with Crippen LogP contribution in [0.15, 0.2) is 66.1 Å².